The average Bonchev–Trinajstić information content (AvgIpc) is 3.42. The molecule has 0 radical (unpaired) electrons. The third-order valence-corrected chi connectivity index (χ3v) is 6.82. The molecule has 1 aliphatic rings. The van der Waals surface area contributed by atoms with Gasteiger partial charge in [-0.15, -0.1) is 13.2 Å². The lowest BCUT2D eigenvalue weighted by atomic mass is 10.0. The summed E-state index contributed by atoms with van der Waals surface area (Å²) in [5.74, 6) is -2.69. The Kier molecular flexibility index (Phi) is 10.7. The maximum absolute atomic E-state index is 13.7. The number of ether oxygens (including phenoxy) is 1. The van der Waals surface area contributed by atoms with Crippen LogP contribution in [0.4, 0.5) is 13.2 Å². The maximum atomic E-state index is 13.7. The quantitative estimate of drug-likeness (QED) is 0.301. The predicted octanol–water partition coefficient (Wildman–Crippen LogP) is 1.42. The van der Waals surface area contributed by atoms with Crippen molar-refractivity contribution in [2.75, 3.05) is 13.6 Å². The number of nitrogens with two attached hydrogens (primary N) is 1. The maximum Gasteiger partial charge on any atom is 0.573 e. The number of hydrogen-bond donors (Lipinski definition) is 4. The van der Waals surface area contributed by atoms with Crippen molar-refractivity contribution in [2.45, 2.75) is 63.1 Å². The number of alkyl halides is 3. The van der Waals surface area contributed by atoms with Crippen LogP contribution in [-0.2, 0) is 32.0 Å². The van der Waals surface area contributed by atoms with E-state index >= 15 is 0 Å². The molecule has 5 N–H and O–H groups in total. The fraction of sp³-hybridized carbons (Fsp3) is 0.429. The van der Waals surface area contributed by atoms with Crippen LogP contribution in [0.15, 0.2) is 54.6 Å². The van der Waals surface area contributed by atoms with Crippen LogP contribution >= 0.6 is 0 Å². The second kappa shape index (κ2) is 14.0. The van der Waals surface area contributed by atoms with Crippen molar-refractivity contribution in [3.05, 3.63) is 65.7 Å². The molecule has 0 unspecified atom stereocenters. The third kappa shape index (κ3) is 9.20. The Hall–Kier alpha value is -4.13. The number of nitrogens with one attached hydrogen (secondary N) is 3. The Morgan fingerprint density at radius 1 is 0.976 bits per heavy atom. The summed E-state index contributed by atoms with van der Waals surface area (Å²) in [6.45, 7) is 1.84. The first-order valence-electron chi connectivity index (χ1n) is 13.1. The number of likely N-dealkylation sites (tertiary alicyclic amines) is 1. The zero-order valence-corrected chi connectivity index (χ0v) is 22.7. The van der Waals surface area contributed by atoms with Crippen LogP contribution in [0.1, 0.15) is 30.9 Å². The number of hydrogen-bond acceptors (Lipinski definition) is 6. The average molecular weight is 578 g/mol. The first-order valence-corrected chi connectivity index (χ1v) is 13.1. The van der Waals surface area contributed by atoms with E-state index in [4.69, 9.17) is 5.73 Å². The fourth-order valence-electron chi connectivity index (χ4n) is 4.53. The summed E-state index contributed by atoms with van der Waals surface area (Å²) in [5.41, 5.74) is 6.80. The summed E-state index contributed by atoms with van der Waals surface area (Å²) in [4.78, 5) is 53.1. The van der Waals surface area contributed by atoms with Gasteiger partial charge in [-0.25, -0.2) is 0 Å². The Labute approximate surface area is 235 Å². The minimum absolute atomic E-state index is 0.0456. The van der Waals surface area contributed by atoms with Gasteiger partial charge in [0.15, 0.2) is 0 Å². The SMILES string of the molecule is CN[C@@H](C)C(=O)N[C@@H](Cc1ccc(OC(F)(F)F)cc1)C(=O)N1CCC[C@H]1C(=O)N[C@@H](Cc1ccccc1)C(N)=O. The molecular formula is C28H34F3N5O5. The normalized spacial score (nSPS) is 17.3. The number of carbonyl (C=O) groups is 4. The number of carbonyl (C=O) groups excluding carboxylic acids is 4. The highest BCUT2D eigenvalue weighted by Crippen LogP contribution is 2.24. The van der Waals surface area contributed by atoms with Gasteiger partial charge in [-0.05, 0) is 50.1 Å². The molecule has 1 saturated heterocycles. The molecule has 0 spiro atoms. The highest BCUT2D eigenvalue weighted by Gasteiger charge is 2.39. The molecule has 41 heavy (non-hydrogen) atoms. The first kappa shape index (κ1) is 31.4. The summed E-state index contributed by atoms with van der Waals surface area (Å²) >= 11 is 0. The molecule has 0 saturated carbocycles. The Morgan fingerprint density at radius 3 is 2.17 bits per heavy atom. The first-order chi connectivity index (χ1) is 19.4. The highest BCUT2D eigenvalue weighted by molar-refractivity contribution is 5.95. The minimum atomic E-state index is -4.85. The highest BCUT2D eigenvalue weighted by atomic mass is 19.4. The Bertz CT molecular complexity index is 1210. The molecule has 0 bridgehead atoms. The summed E-state index contributed by atoms with van der Waals surface area (Å²) in [6.07, 6.45) is -3.86. The molecular weight excluding hydrogens is 543 g/mol. The number of amides is 4. The molecule has 4 atom stereocenters. The van der Waals surface area contributed by atoms with Crippen LogP contribution in [0, 0.1) is 0 Å². The molecule has 2 aromatic carbocycles. The van der Waals surface area contributed by atoms with Crippen LogP contribution in [0.5, 0.6) is 5.75 Å². The summed E-state index contributed by atoms with van der Waals surface area (Å²) in [7, 11) is 1.58. The van der Waals surface area contributed by atoms with Gasteiger partial charge in [-0.1, -0.05) is 42.5 Å². The van der Waals surface area contributed by atoms with Crippen LogP contribution < -0.4 is 26.4 Å². The van der Waals surface area contributed by atoms with Gasteiger partial charge in [0.2, 0.25) is 23.6 Å². The smallest absolute Gasteiger partial charge is 0.406 e. The van der Waals surface area contributed by atoms with E-state index in [2.05, 4.69) is 20.7 Å². The zero-order chi connectivity index (χ0) is 30.2. The van der Waals surface area contributed by atoms with Crippen molar-refractivity contribution < 1.29 is 37.1 Å². The van der Waals surface area contributed by atoms with Crippen LogP contribution in [0.3, 0.4) is 0 Å². The van der Waals surface area contributed by atoms with E-state index in [1.165, 1.54) is 17.0 Å². The van der Waals surface area contributed by atoms with E-state index in [-0.39, 0.29) is 19.4 Å². The second-order valence-electron chi connectivity index (χ2n) is 9.81. The molecule has 10 nitrogen and oxygen atoms in total. The van der Waals surface area contributed by atoms with Crippen molar-refractivity contribution in [1.82, 2.24) is 20.9 Å². The van der Waals surface area contributed by atoms with Crippen molar-refractivity contribution in [3.63, 3.8) is 0 Å². The van der Waals surface area contributed by atoms with Gasteiger partial charge in [0.05, 0.1) is 6.04 Å². The van der Waals surface area contributed by atoms with E-state index in [0.717, 1.165) is 17.7 Å². The lowest BCUT2D eigenvalue weighted by molar-refractivity contribution is -0.274. The summed E-state index contributed by atoms with van der Waals surface area (Å²) in [5, 5.41) is 8.13. The van der Waals surface area contributed by atoms with E-state index in [1.54, 1.807) is 38.2 Å². The molecule has 1 aliphatic heterocycles. The van der Waals surface area contributed by atoms with E-state index < -0.39 is 59.9 Å². The number of primary amides is 1. The largest absolute Gasteiger partial charge is 0.573 e. The van der Waals surface area contributed by atoms with E-state index in [9.17, 15) is 32.3 Å². The number of benzene rings is 2. The number of halogens is 3. The Morgan fingerprint density at radius 2 is 1.59 bits per heavy atom. The van der Waals surface area contributed by atoms with Gasteiger partial charge in [0, 0.05) is 19.4 Å². The van der Waals surface area contributed by atoms with E-state index in [1.807, 2.05) is 6.07 Å². The molecule has 222 valence electrons. The van der Waals surface area contributed by atoms with E-state index in [0.29, 0.717) is 18.4 Å². The molecule has 3 rings (SSSR count). The molecule has 1 fully saturated rings. The van der Waals surface area contributed by atoms with Crippen molar-refractivity contribution >= 4 is 23.6 Å². The summed E-state index contributed by atoms with van der Waals surface area (Å²) in [6, 6.07) is 10.3. The monoisotopic (exact) mass is 577 g/mol. The van der Waals surface area contributed by atoms with Gasteiger partial charge in [0.1, 0.15) is 23.9 Å². The number of nitrogens with zero attached hydrogens (tertiary/aromatic N) is 1. The predicted molar refractivity (Wildman–Crippen MR) is 143 cm³/mol. The summed E-state index contributed by atoms with van der Waals surface area (Å²) < 4.78 is 41.5. The van der Waals surface area contributed by atoms with Gasteiger partial charge < -0.3 is 31.3 Å². The molecule has 1 heterocycles. The lowest BCUT2D eigenvalue weighted by Gasteiger charge is -2.30. The molecule has 4 amide bonds. The zero-order valence-electron chi connectivity index (χ0n) is 22.7. The van der Waals surface area contributed by atoms with Crippen LogP contribution in [-0.4, -0.2) is 72.7 Å². The van der Waals surface area contributed by atoms with Crippen LogP contribution in [0.2, 0.25) is 0 Å². The number of rotatable bonds is 12. The Balaban J connectivity index is 1.77. The lowest BCUT2D eigenvalue weighted by Crippen LogP contribution is -2.57. The molecule has 13 heteroatoms. The van der Waals surface area contributed by atoms with Gasteiger partial charge in [0.25, 0.3) is 0 Å². The van der Waals surface area contributed by atoms with Crippen molar-refractivity contribution in [1.29, 1.82) is 0 Å². The molecule has 0 aliphatic carbocycles. The molecule has 2 aromatic rings. The third-order valence-electron chi connectivity index (χ3n) is 6.82. The standard InChI is InChI=1S/C28H34F3N5O5/c1-17(33-2)25(38)35-22(16-19-10-12-20(13-11-19)41-28(29,30)31)27(40)36-14-6-9-23(36)26(39)34-21(24(32)37)15-18-7-4-3-5-8-18/h3-5,7-8,10-13,17,21-23,33H,6,9,14-16H2,1-2H3,(H2,32,37)(H,34,39)(H,35,38)/t17-,21-,22-,23-/m0/s1. The molecule has 0 aromatic heterocycles. The van der Waals surface area contributed by atoms with Crippen molar-refractivity contribution in [2.24, 2.45) is 5.73 Å². The van der Waals surface area contributed by atoms with Gasteiger partial charge >= 0.3 is 6.36 Å². The topological polar surface area (TPSA) is 143 Å². The minimum Gasteiger partial charge on any atom is -0.406 e. The second-order valence-corrected chi connectivity index (χ2v) is 9.81. The fourth-order valence-corrected chi connectivity index (χ4v) is 4.53. The van der Waals surface area contributed by atoms with Gasteiger partial charge in [-0.2, -0.15) is 0 Å². The van der Waals surface area contributed by atoms with Crippen LogP contribution in [0.25, 0.3) is 0 Å². The van der Waals surface area contributed by atoms with Crippen molar-refractivity contribution in [3.8, 4) is 5.75 Å². The number of likely N-dealkylation sites (N-methyl/N-ethyl adjacent to an activating group) is 1. The van der Waals surface area contributed by atoms with Gasteiger partial charge in [-0.3, -0.25) is 19.2 Å².